The number of hydrogen-bond acceptors (Lipinski definition) is 14. The molecule has 322 valence electrons. The Kier molecular flexibility index (Phi) is 14.0. The molecule has 0 aliphatic carbocycles. The highest BCUT2D eigenvalue weighted by molar-refractivity contribution is 6.21. The molecule has 0 spiro atoms. The number of ketones is 1. The molecule has 0 unspecified atom stereocenters. The summed E-state index contributed by atoms with van der Waals surface area (Å²) in [5, 5.41) is 48.4. The van der Waals surface area contributed by atoms with Gasteiger partial charge in [-0.05, 0) is 19.9 Å². The molecule has 16 heteroatoms. The van der Waals surface area contributed by atoms with Crippen molar-refractivity contribution in [3.8, 4) is 23.0 Å². The van der Waals surface area contributed by atoms with Crippen LogP contribution in [-0.2, 0) is 33.3 Å². The van der Waals surface area contributed by atoms with Crippen LogP contribution in [0.3, 0.4) is 0 Å². The maximum atomic E-state index is 14.5. The van der Waals surface area contributed by atoms with Crippen LogP contribution in [0.2, 0.25) is 0 Å². The highest BCUT2D eigenvalue weighted by atomic mass is 16.7. The number of aromatic hydroxyl groups is 2. The molecule has 5 N–H and O–H groups in total. The van der Waals surface area contributed by atoms with Gasteiger partial charge in [0.2, 0.25) is 0 Å². The quantitative estimate of drug-likeness (QED) is 0.210. The van der Waals surface area contributed by atoms with Gasteiger partial charge in [0.05, 0.1) is 54.4 Å². The van der Waals surface area contributed by atoms with Crippen LogP contribution in [0.1, 0.15) is 64.4 Å². The Morgan fingerprint density at radius 3 is 2.29 bits per heavy atom. The molecule has 16 nitrogen and oxygen atoms in total. The molecule has 1 saturated heterocycles. The molecule has 59 heavy (non-hydrogen) atoms. The largest absolute Gasteiger partial charge is 0.507 e. The van der Waals surface area contributed by atoms with Crippen molar-refractivity contribution in [1.82, 2.24) is 4.90 Å². The van der Waals surface area contributed by atoms with E-state index in [4.69, 9.17) is 28.4 Å². The number of rotatable bonds is 5. The van der Waals surface area contributed by atoms with Crippen molar-refractivity contribution in [2.45, 2.75) is 85.6 Å². The minimum Gasteiger partial charge on any atom is -0.507 e. The van der Waals surface area contributed by atoms with Crippen LogP contribution >= 0.6 is 0 Å². The lowest BCUT2D eigenvalue weighted by molar-refractivity contribution is -0.160. The number of aliphatic hydroxyl groups is 2. The summed E-state index contributed by atoms with van der Waals surface area (Å²) < 4.78 is 35.1. The molecule has 2 aromatic rings. The lowest BCUT2D eigenvalue weighted by atomic mass is 9.78. The van der Waals surface area contributed by atoms with Crippen molar-refractivity contribution >= 4 is 40.0 Å². The predicted octanol–water partition coefficient (Wildman–Crippen LogP) is 4.29. The molecule has 9 atom stereocenters. The summed E-state index contributed by atoms with van der Waals surface area (Å²) in [4.78, 5) is 55.2. The molecular formula is C43H56N2O14. The second-order valence-corrected chi connectivity index (χ2v) is 15.7. The molecule has 4 aliphatic rings. The normalized spacial score (nSPS) is 31.4. The van der Waals surface area contributed by atoms with Gasteiger partial charge < -0.3 is 59.1 Å². The van der Waals surface area contributed by atoms with Crippen molar-refractivity contribution in [2.75, 3.05) is 45.3 Å². The van der Waals surface area contributed by atoms with Gasteiger partial charge in [-0.2, -0.15) is 0 Å². The second-order valence-electron chi connectivity index (χ2n) is 15.7. The summed E-state index contributed by atoms with van der Waals surface area (Å²) in [6.07, 6.45) is 3.57. The van der Waals surface area contributed by atoms with Gasteiger partial charge in [-0.3, -0.25) is 19.2 Å². The number of nitrogens with zero attached hydrogens (tertiary/aromatic N) is 1. The number of benzene rings is 2. The number of nitrogens with one attached hydrogen (secondary N) is 1. The van der Waals surface area contributed by atoms with E-state index in [2.05, 4.69) is 5.32 Å². The zero-order chi connectivity index (χ0) is 43.5. The monoisotopic (exact) mass is 824 g/mol. The summed E-state index contributed by atoms with van der Waals surface area (Å²) in [5.41, 5.74) is -0.0289. The van der Waals surface area contributed by atoms with Crippen molar-refractivity contribution < 1.29 is 68.0 Å². The summed E-state index contributed by atoms with van der Waals surface area (Å²) in [6, 6.07) is 1.26. The SMILES string of the molecule is CO[C@H]1/C=C/O[C@@]2(C)Oc3c(C)c(O)c4c(O)c(cc(OCC(=O)N5CCOCC5)c4c3C2=O)NC(=O)/C(C)=C\C=C\[C@H](C)[C@H](O)[C@@H](C)[C@@H](O)[C@@H](C)[C@H](OC(C)=O)[C@@H]1C. The highest BCUT2D eigenvalue weighted by Gasteiger charge is 2.50. The topological polar surface area (TPSA) is 220 Å². The molecule has 6 rings (SSSR count). The second kappa shape index (κ2) is 18.4. The van der Waals surface area contributed by atoms with E-state index in [1.165, 1.54) is 59.3 Å². The van der Waals surface area contributed by atoms with Crippen LogP contribution in [-0.4, -0.2) is 119 Å². The number of methoxy groups -OCH3 is 1. The number of carbonyl (C=O) groups is 4. The first kappa shape index (κ1) is 44.9. The maximum Gasteiger partial charge on any atom is 0.312 e. The van der Waals surface area contributed by atoms with Crippen LogP contribution in [0.4, 0.5) is 5.69 Å². The van der Waals surface area contributed by atoms with Crippen LogP contribution in [0.15, 0.2) is 42.2 Å². The van der Waals surface area contributed by atoms with Gasteiger partial charge in [0.1, 0.15) is 23.4 Å². The summed E-state index contributed by atoms with van der Waals surface area (Å²) in [6.45, 7) is 13.4. The third-order valence-electron chi connectivity index (χ3n) is 11.5. The van der Waals surface area contributed by atoms with E-state index in [0.717, 1.165) is 0 Å². The lowest BCUT2D eigenvalue weighted by Crippen LogP contribution is -2.46. The van der Waals surface area contributed by atoms with E-state index in [0.29, 0.717) is 26.3 Å². The molecule has 2 amide bonds. The lowest BCUT2D eigenvalue weighted by Gasteiger charge is -2.38. The molecule has 2 aromatic carbocycles. The number of fused-ring (bicyclic) bond motifs is 14. The number of phenolic OH excluding ortho intramolecular Hbond substituents is 2. The fourth-order valence-corrected chi connectivity index (χ4v) is 7.79. The van der Waals surface area contributed by atoms with Gasteiger partial charge in [0, 0.05) is 80.3 Å². The fourth-order valence-electron chi connectivity index (χ4n) is 7.79. The summed E-state index contributed by atoms with van der Waals surface area (Å²) in [5.74, 6) is -8.08. The van der Waals surface area contributed by atoms with Gasteiger partial charge in [-0.25, -0.2) is 0 Å². The Morgan fingerprint density at radius 1 is 0.966 bits per heavy atom. The molecule has 0 aromatic heterocycles. The van der Waals surface area contributed by atoms with Crippen LogP contribution < -0.4 is 14.8 Å². The number of esters is 1. The van der Waals surface area contributed by atoms with E-state index in [1.807, 2.05) is 0 Å². The minimum atomic E-state index is -2.03. The number of anilines is 1. The Bertz CT molecular complexity index is 2040. The first-order valence-electron chi connectivity index (χ1n) is 19.7. The predicted molar refractivity (Wildman–Crippen MR) is 215 cm³/mol. The van der Waals surface area contributed by atoms with E-state index < -0.39 is 89.6 Å². The number of Topliss-reactive ketones (excluding diaryl/α,β-unsaturated/α-hetero) is 1. The van der Waals surface area contributed by atoms with Gasteiger partial charge in [0.25, 0.3) is 17.6 Å². The molecular weight excluding hydrogens is 768 g/mol. The maximum absolute atomic E-state index is 14.5. The van der Waals surface area contributed by atoms with E-state index >= 15 is 0 Å². The molecule has 1 fully saturated rings. The van der Waals surface area contributed by atoms with Crippen LogP contribution in [0.5, 0.6) is 23.0 Å². The molecule has 5 bridgehead atoms. The van der Waals surface area contributed by atoms with Gasteiger partial charge >= 0.3 is 11.8 Å². The van der Waals surface area contributed by atoms with E-state index in [1.54, 1.807) is 44.7 Å². The number of ether oxygens (including phenoxy) is 6. The number of allylic oxidation sites excluding steroid dienone is 2. The van der Waals surface area contributed by atoms with Crippen molar-refractivity contribution in [3.63, 3.8) is 0 Å². The van der Waals surface area contributed by atoms with Crippen molar-refractivity contribution in [1.29, 1.82) is 0 Å². The Balaban J connectivity index is 1.66. The summed E-state index contributed by atoms with van der Waals surface area (Å²) >= 11 is 0. The number of phenols is 2. The zero-order valence-corrected chi connectivity index (χ0v) is 34.9. The number of amides is 2. The Morgan fingerprint density at radius 2 is 1.64 bits per heavy atom. The number of hydrogen-bond donors (Lipinski definition) is 5. The Labute approximate surface area is 343 Å². The standard InChI is InChI=1S/C43H56N2O14/c1-21-11-10-12-22(2)42(53)44-28-19-30(56-20-31(47)45-14-17-55-18-15-45)32-33(38(28)51)37(50)26(6)40-34(32)41(52)43(8,59-40)57-16-13-29(54-9)23(3)39(58-27(7)46)25(5)36(49)24(4)35(21)48/h10-13,16,19,21,23-25,29,35-36,39,48-51H,14-15,17-18,20H2,1-9H3,(H,44,53)/b11-10+,16-13+,22-12-/t21-,23+,24+,25+,29-,35-,36+,39+,43-/m0/s1. The number of carbonyl (C=O) groups excluding carboxylic acids is 4. The van der Waals surface area contributed by atoms with Crippen molar-refractivity contribution in [2.24, 2.45) is 23.7 Å². The van der Waals surface area contributed by atoms with E-state index in [9.17, 15) is 39.6 Å². The third kappa shape index (κ3) is 9.20. The van der Waals surface area contributed by atoms with Gasteiger partial charge in [-0.1, -0.05) is 45.9 Å². The number of aliphatic hydroxyl groups excluding tert-OH is 2. The summed E-state index contributed by atoms with van der Waals surface area (Å²) in [7, 11) is 1.43. The smallest absolute Gasteiger partial charge is 0.312 e. The number of morpholine rings is 1. The third-order valence-corrected chi connectivity index (χ3v) is 11.5. The van der Waals surface area contributed by atoms with Gasteiger partial charge in [-0.15, -0.1) is 0 Å². The van der Waals surface area contributed by atoms with Gasteiger partial charge in [0.15, 0.2) is 12.4 Å². The van der Waals surface area contributed by atoms with E-state index in [-0.39, 0.29) is 50.6 Å². The fraction of sp³-hybridized carbons (Fsp3) is 0.535. The average Bonchev–Trinajstić information content (AvgIpc) is 3.48. The Hall–Kier alpha value is -5.16. The average molecular weight is 825 g/mol. The zero-order valence-electron chi connectivity index (χ0n) is 34.9. The highest BCUT2D eigenvalue weighted by Crippen LogP contribution is 2.54. The first-order valence-corrected chi connectivity index (χ1v) is 19.7. The minimum absolute atomic E-state index is 0.0625. The van der Waals surface area contributed by atoms with Crippen molar-refractivity contribution in [3.05, 3.63) is 53.3 Å². The van der Waals surface area contributed by atoms with Crippen LogP contribution in [0, 0.1) is 30.6 Å². The first-order chi connectivity index (χ1) is 27.8. The molecule has 4 heterocycles. The molecule has 0 radical (unpaired) electrons. The molecule has 4 aliphatic heterocycles. The van der Waals surface area contributed by atoms with Crippen LogP contribution in [0.25, 0.3) is 10.8 Å². The molecule has 0 saturated carbocycles.